The molecule has 0 aromatic heterocycles. The van der Waals surface area contributed by atoms with Gasteiger partial charge in [0, 0.05) is 0 Å². The smallest absolute Gasteiger partial charge is 0.0991 e. The number of nitrogens with zero attached hydrogens (tertiary/aromatic N) is 1. The molecule has 1 nitrogen and oxygen atoms in total. The molecule has 122 valence electrons. The van der Waals surface area contributed by atoms with E-state index >= 15 is 0 Å². The van der Waals surface area contributed by atoms with Crippen LogP contribution in [0.25, 0.3) is 0 Å². The summed E-state index contributed by atoms with van der Waals surface area (Å²) in [6.45, 7) is 2.15. The molecule has 1 heteroatoms. The van der Waals surface area contributed by atoms with Crippen molar-refractivity contribution in [1.29, 1.82) is 5.26 Å². The maximum atomic E-state index is 8.92. The number of nitriles is 1. The third kappa shape index (κ3) is 4.05. The zero-order chi connectivity index (χ0) is 16.1. The van der Waals surface area contributed by atoms with Crippen LogP contribution in [0.3, 0.4) is 0 Å². The highest BCUT2D eigenvalue weighted by Gasteiger charge is 2.30. The maximum absolute atomic E-state index is 8.92. The summed E-state index contributed by atoms with van der Waals surface area (Å²) in [5.41, 5.74) is 2.22. The quantitative estimate of drug-likeness (QED) is 0.608. The van der Waals surface area contributed by atoms with Crippen LogP contribution >= 0.6 is 0 Å². The topological polar surface area (TPSA) is 23.8 Å². The summed E-state index contributed by atoms with van der Waals surface area (Å²) in [5.74, 6) is 3.53. The van der Waals surface area contributed by atoms with Gasteiger partial charge in [0.15, 0.2) is 0 Å². The van der Waals surface area contributed by atoms with Gasteiger partial charge in [0.1, 0.15) is 0 Å². The fourth-order valence-corrected chi connectivity index (χ4v) is 4.83. The van der Waals surface area contributed by atoms with Crippen LogP contribution in [-0.2, 0) is 0 Å². The summed E-state index contributed by atoms with van der Waals surface area (Å²) in [6.07, 6.45) is 15.8. The Morgan fingerprint density at radius 2 is 1.43 bits per heavy atom. The lowest BCUT2D eigenvalue weighted by molar-refractivity contribution is 0.171. The summed E-state index contributed by atoms with van der Waals surface area (Å²) < 4.78 is 0. The van der Waals surface area contributed by atoms with Crippen LogP contribution < -0.4 is 0 Å². The summed E-state index contributed by atoms with van der Waals surface area (Å²) >= 11 is 0. The van der Waals surface area contributed by atoms with E-state index in [2.05, 4.69) is 37.3 Å². The Kier molecular flexibility index (Phi) is 5.55. The van der Waals surface area contributed by atoms with Gasteiger partial charge in [-0.1, -0.05) is 24.3 Å². The Bertz CT molecular complexity index is 547. The van der Waals surface area contributed by atoms with E-state index in [4.69, 9.17) is 5.26 Å². The summed E-state index contributed by atoms with van der Waals surface area (Å²) in [5, 5.41) is 8.92. The van der Waals surface area contributed by atoms with Crippen LogP contribution in [0, 0.1) is 29.1 Å². The minimum absolute atomic E-state index is 0.721. The zero-order valence-corrected chi connectivity index (χ0v) is 14.4. The molecule has 0 spiro atoms. The monoisotopic (exact) mass is 307 g/mol. The van der Waals surface area contributed by atoms with Crippen LogP contribution in [0.2, 0.25) is 0 Å². The first-order valence-electron chi connectivity index (χ1n) is 9.43. The average molecular weight is 307 g/mol. The molecule has 0 unspecified atom stereocenters. The highest BCUT2D eigenvalue weighted by molar-refractivity contribution is 5.33. The van der Waals surface area contributed by atoms with Crippen molar-refractivity contribution in [2.75, 3.05) is 0 Å². The number of allylic oxidation sites excluding steroid dienone is 2. The molecule has 0 aliphatic heterocycles. The van der Waals surface area contributed by atoms with E-state index in [1.165, 1.54) is 56.9 Å². The highest BCUT2D eigenvalue weighted by atomic mass is 14.4. The molecule has 2 fully saturated rings. The Morgan fingerprint density at radius 3 is 1.96 bits per heavy atom. The molecule has 0 bridgehead atoms. The molecule has 2 saturated carbocycles. The lowest BCUT2D eigenvalue weighted by atomic mass is 9.68. The Hall–Kier alpha value is -1.55. The molecule has 0 N–H and O–H groups in total. The fraction of sp³-hybridized carbons (Fsp3) is 0.591. The molecule has 2 aliphatic carbocycles. The van der Waals surface area contributed by atoms with Gasteiger partial charge in [-0.2, -0.15) is 5.26 Å². The normalized spacial score (nSPS) is 31.8. The van der Waals surface area contributed by atoms with Gasteiger partial charge in [-0.15, -0.1) is 0 Å². The number of rotatable bonds is 3. The second kappa shape index (κ2) is 7.82. The summed E-state index contributed by atoms with van der Waals surface area (Å²) in [7, 11) is 0. The van der Waals surface area contributed by atoms with Crippen molar-refractivity contribution in [3.63, 3.8) is 0 Å². The van der Waals surface area contributed by atoms with Gasteiger partial charge in [-0.05, 0) is 99.7 Å². The van der Waals surface area contributed by atoms with Gasteiger partial charge < -0.3 is 0 Å². The third-order valence-corrected chi connectivity index (χ3v) is 6.23. The molecular formula is C22H29N. The van der Waals surface area contributed by atoms with Gasteiger partial charge in [-0.3, -0.25) is 0 Å². The first-order valence-corrected chi connectivity index (χ1v) is 9.43. The Morgan fingerprint density at radius 1 is 0.870 bits per heavy atom. The molecule has 1 aromatic carbocycles. The van der Waals surface area contributed by atoms with Gasteiger partial charge in [-0.25, -0.2) is 0 Å². The van der Waals surface area contributed by atoms with Crippen molar-refractivity contribution in [3.8, 4) is 6.07 Å². The lowest BCUT2D eigenvalue weighted by Crippen LogP contribution is -2.25. The molecule has 3 rings (SSSR count). The Balaban J connectivity index is 1.49. The molecule has 0 atom stereocenters. The van der Waals surface area contributed by atoms with Crippen molar-refractivity contribution in [2.45, 2.75) is 64.2 Å². The average Bonchev–Trinajstić information content (AvgIpc) is 2.63. The second-order valence-electron chi connectivity index (χ2n) is 7.55. The number of hydrogen-bond donors (Lipinski definition) is 0. The highest BCUT2D eigenvalue weighted by Crippen LogP contribution is 2.44. The van der Waals surface area contributed by atoms with Crippen LogP contribution in [0.4, 0.5) is 0 Å². The number of benzene rings is 1. The van der Waals surface area contributed by atoms with Gasteiger partial charge in [0.25, 0.3) is 0 Å². The molecule has 23 heavy (non-hydrogen) atoms. The standard InChI is InChI=1S/C22H29N/c1-2-3-17-4-8-19(9-5-17)21-12-14-22(15-13-21)20-10-6-18(16-23)7-11-20/h2-3,6-7,10-11,17,19,21-22H,4-5,8-9,12-15H2,1H3. The summed E-state index contributed by atoms with van der Waals surface area (Å²) in [4.78, 5) is 0. The number of hydrogen-bond acceptors (Lipinski definition) is 1. The third-order valence-electron chi connectivity index (χ3n) is 6.23. The summed E-state index contributed by atoms with van der Waals surface area (Å²) in [6, 6.07) is 10.5. The van der Waals surface area contributed by atoms with Gasteiger partial charge >= 0.3 is 0 Å². The van der Waals surface area contributed by atoms with Crippen LogP contribution in [-0.4, -0.2) is 0 Å². The van der Waals surface area contributed by atoms with Crippen LogP contribution in [0.5, 0.6) is 0 Å². The van der Waals surface area contributed by atoms with Crippen molar-refractivity contribution in [3.05, 3.63) is 47.5 Å². The molecule has 2 aliphatic rings. The first-order chi connectivity index (χ1) is 11.3. The molecule has 0 heterocycles. The molecule has 1 aromatic rings. The van der Waals surface area contributed by atoms with Gasteiger partial charge in [0.2, 0.25) is 0 Å². The molecular weight excluding hydrogens is 278 g/mol. The van der Waals surface area contributed by atoms with E-state index < -0.39 is 0 Å². The van der Waals surface area contributed by atoms with Crippen LogP contribution in [0.15, 0.2) is 36.4 Å². The van der Waals surface area contributed by atoms with E-state index in [9.17, 15) is 0 Å². The van der Waals surface area contributed by atoms with Gasteiger partial charge in [0.05, 0.1) is 11.6 Å². The van der Waals surface area contributed by atoms with E-state index in [-0.39, 0.29) is 0 Å². The Labute approximate surface area is 141 Å². The largest absolute Gasteiger partial charge is 0.192 e. The maximum Gasteiger partial charge on any atom is 0.0991 e. The predicted molar refractivity (Wildman–Crippen MR) is 96.1 cm³/mol. The molecule has 0 saturated heterocycles. The second-order valence-corrected chi connectivity index (χ2v) is 7.55. The van der Waals surface area contributed by atoms with E-state index in [1.54, 1.807) is 0 Å². The minimum Gasteiger partial charge on any atom is -0.192 e. The van der Waals surface area contributed by atoms with Crippen molar-refractivity contribution in [1.82, 2.24) is 0 Å². The van der Waals surface area contributed by atoms with E-state index in [0.717, 1.165) is 29.2 Å². The predicted octanol–water partition coefficient (Wildman–Crippen LogP) is 6.21. The van der Waals surface area contributed by atoms with Crippen LogP contribution in [0.1, 0.15) is 75.3 Å². The van der Waals surface area contributed by atoms with Crippen molar-refractivity contribution >= 4 is 0 Å². The van der Waals surface area contributed by atoms with Crippen molar-refractivity contribution in [2.24, 2.45) is 17.8 Å². The first kappa shape index (κ1) is 16.3. The zero-order valence-electron chi connectivity index (χ0n) is 14.4. The lowest BCUT2D eigenvalue weighted by Gasteiger charge is -2.37. The SMILES string of the molecule is CC=CC1CCC(C2CCC(c3ccc(C#N)cc3)CC2)CC1. The van der Waals surface area contributed by atoms with E-state index in [0.29, 0.717) is 0 Å². The molecule has 0 amide bonds. The van der Waals surface area contributed by atoms with E-state index in [1.807, 2.05) is 12.1 Å². The fourth-order valence-electron chi connectivity index (χ4n) is 4.83. The minimum atomic E-state index is 0.721. The van der Waals surface area contributed by atoms with Crippen molar-refractivity contribution < 1.29 is 0 Å². The molecule has 0 radical (unpaired) electrons.